The quantitative estimate of drug-likeness (QED) is 0.315. The zero-order valence-corrected chi connectivity index (χ0v) is 25.8. The molecule has 0 aromatic rings. The maximum absolute atomic E-state index is 2.85. The van der Waals surface area contributed by atoms with Crippen molar-refractivity contribution in [2.45, 2.75) is 141 Å². The highest BCUT2D eigenvalue weighted by molar-refractivity contribution is 4.67. The molecule has 4 heteroatoms. The molecule has 0 aromatic carbocycles. The Morgan fingerprint density at radius 2 is 0.237 bits per heavy atom. The van der Waals surface area contributed by atoms with E-state index in [0.29, 0.717) is 0 Å². The van der Waals surface area contributed by atoms with Gasteiger partial charge in [-0.2, -0.15) is 0 Å². The fraction of sp³-hybridized carbons (Fsp3) is 1.00. The lowest BCUT2D eigenvalue weighted by Gasteiger charge is -2.26. The Labute approximate surface area is 239 Å². The summed E-state index contributed by atoms with van der Waals surface area (Å²) >= 11 is 0. The Morgan fingerprint density at radius 1 is 0.132 bits per heavy atom. The Morgan fingerprint density at radius 3 is 0.368 bits per heavy atom. The second-order valence-electron chi connectivity index (χ2n) is 13.1. The van der Waals surface area contributed by atoms with Gasteiger partial charge in [-0.25, -0.2) is 0 Å². The molecule has 0 saturated carbocycles. The van der Waals surface area contributed by atoms with Crippen molar-refractivity contribution < 1.29 is 0 Å². The van der Waals surface area contributed by atoms with E-state index in [4.69, 9.17) is 0 Å². The monoisotopic (exact) mass is 533 g/mol. The molecule has 224 valence electrons. The van der Waals surface area contributed by atoms with Gasteiger partial charge in [0.25, 0.3) is 0 Å². The third kappa shape index (κ3) is 16.2. The van der Waals surface area contributed by atoms with E-state index in [1.54, 1.807) is 0 Å². The van der Waals surface area contributed by atoms with Gasteiger partial charge in [0.1, 0.15) is 0 Å². The molecule has 4 rings (SSSR count). The first-order chi connectivity index (χ1) is 18.9. The van der Waals surface area contributed by atoms with Crippen LogP contribution in [0.15, 0.2) is 0 Å². The molecule has 4 nitrogen and oxygen atoms in total. The lowest BCUT2D eigenvalue weighted by atomic mass is 10.1. The molecular formula is C34H68N4. The average molecular weight is 533 g/mol. The first-order valence-electron chi connectivity index (χ1n) is 17.8. The molecule has 0 aliphatic carbocycles. The molecule has 0 radical (unpaired) electrons. The minimum Gasteiger partial charge on any atom is -0.303 e. The van der Waals surface area contributed by atoms with Crippen LogP contribution >= 0.6 is 0 Å². The van der Waals surface area contributed by atoms with Gasteiger partial charge in [-0.05, 0) is 156 Å². The summed E-state index contributed by atoms with van der Waals surface area (Å²) in [5.41, 5.74) is 0. The van der Waals surface area contributed by atoms with Gasteiger partial charge in [-0.3, -0.25) is 0 Å². The van der Waals surface area contributed by atoms with Gasteiger partial charge in [0.2, 0.25) is 0 Å². The number of fused-ring (bicyclic) bond motifs is 28. The molecule has 0 amide bonds. The van der Waals surface area contributed by atoms with Crippen LogP contribution in [0.2, 0.25) is 0 Å². The van der Waals surface area contributed by atoms with Crippen molar-refractivity contribution in [2.75, 3.05) is 78.5 Å². The van der Waals surface area contributed by atoms with Gasteiger partial charge in [0.15, 0.2) is 0 Å². The summed E-state index contributed by atoms with van der Waals surface area (Å²) in [5.74, 6) is 0. The predicted octanol–water partition coefficient (Wildman–Crippen LogP) is 7.82. The molecule has 4 aliphatic heterocycles. The molecule has 4 saturated heterocycles. The minimum absolute atomic E-state index is 1.35. The molecule has 38 heavy (non-hydrogen) atoms. The van der Waals surface area contributed by atoms with Crippen molar-refractivity contribution in [3.05, 3.63) is 0 Å². The molecular weight excluding hydrogens is 464 g/mol. The average Bonchev–Trinajstić information content (AvgIpc) is 2.91. The number of hydrogen-bond acceptors (Lipinski definition) is 4. The Bertz CT molecular complexity index is 405. The highest BCUT2D eigenvalue weighted by Gasteiger charge is 2.11. The Balaban J connectivity index is 1.67. The zero-order chi connectivity index (χ0) is 26.4. The van der Waals surface area contributed by atoms with Gasteiger partial charge in [-0.15, -0.1) is 0 Å². The van der Waals surface area contributed by atoms with Gasteiger partial charge in [0, 0.05) is 0 Å². The van der Waals surface area contributed by atoms with Gasteiger partial charge in [-0.1, -0.05) is 64.2 Å². The van der Waals surface area contributed by atoms with Crippen molar-refractivity contribution in [3.63, 3.8) is 0 Å². The summed E-state index contributed by atoms with van der Waals surface area (Å²) in [6, 6.07) is 0. The largest absolute Gasteiger partial charge is 0.303 e. The Hall–Kier alpha value is -0.160. The van der Waals surface area contributed by atoms with E-state index in [9.17, 15) is 0 Å². The molecule has 4 heterocycles. The summed E-state index contributed by atoms with van der Waals surface area (Å²) in [7, 11) is 0. The van der Waals surface area contributed by atoms with E-state index in [-0.39, 0.29) is 0 Å². The fourth-order valence-electron chi connectivity index (χ4n) is 7.13. The van der Waals surface area contributed by atoms with Crippen molar-refractivity contribution in [1.82, 2.24) is 19.6 Å². The molecule has 0 atom stereocenters. The lowest BCUT2D eigenvalue weighted by Crippen LogP contribution is -2.30. The number of rotatable bonds is 0. The number of hydrogen-bond donors (Lipinski definition) is 0. The standard InChI is InChI=1S/C34H68N4/c1-2-12-24-36-26-14-5-6-16-28-37-29-17-7-8-18-30-38(34-22-10-20-32-36)27-15-4-3-13-25-35(23-11-1)31-19-9-21-33-37/h1-34H2. The van der Waals surface area contributed by atoms with Crippen LogP contribution in [0, 0.1) is 0 Å². The first kappa shape index (κ1) is 32.4. The summed E-state index contributed by atoms with van der Waals surface area (Å²) in [6.07, 6.45) is 31.4. The van der Waals surface area contributed by atoms with E-state index in [1.165, 1.54) is 220 Å². The van der Waals surface area contributed by atoms with Crippen LogP contribution in [0.4, 0.5) is 0 Å². The molecule has 4 aliphatic rings. The van der Waals surface area contributed by atoms with Crippen molar-refractivity contribution >= 4 is 0 Å². The highest BCUT2D eigenvalue weighted by atomic mass is 15.1. The van der Waals surface area contributed by atoms with Crippen LogP contribution in [0.1, 0.15) is 141 Å². The minimum atomic E-state index is 1.35. The van der Waals surface area contributed by atoms with Crippen molar-refractivity contribution in [2.24, 2.45) is 0 Å². The second-order valence-corrected chi connectivity index (χ2v) is 13.1. The second kappa shape index (κ2) is 22.5. The third-order valence-electron chi connectivity index (χ3n) is 9.69. The molecule has 0 N–H and O–H groups in total. The van der Waals surface area contributed by atoms with Gasteiger partial charge >= 0.3 is 0 Å². The van der Waals surface area contributed by atoms with Crippen molar-refractivity contribution in [1.29, 1.82) is 0 Å². The predicted molar refractivity (Wildman–Crippen MR) is 167 cm³/mol. The third-order valence-corrected chi connectivity index (χ3v) is 9.69. The first-order valence-corrected chi connectivity index (χ1v) is 17.8. The van der Waals surface area contributed by atoms with E-state index in [0.717, 1.165) is 0 Å². The molecule has 4 fully saturated rings. The number of nitrogens with zero attached hydrogens (tertiary/aromatic N) is 4. The smallest absolute Gasteiger partial charge is 0.00187 e. The van der Waals surface area contributed by atoms with Crippen LogP contribution in [0.5, 0.6) is 0 Å². The Kier molecular flexibility index (Phi) is 19.2. The maximum atomic E-state index is 2.85. The summed E-state index contributed by atoms with van der Waals surface area (Å²) in [4.78, 5) is 11.4. The molecule has 0 unspecified atom stereocenters. The molecule has 0 spiro atoms. The summed E-state index contributed by atoms with van der Waals surface area (Å²) in [6.45, 7) is 16.2. The van der Waals surface area contributed by atoms with Crippen LogP contribution in [0.25, 0.3) is 0 Å². The highest BCUT2D eigenvalue weighted by Crippen LogP contribution is 2.14. The topological polar surface area (TPSA) is 13.0 Å². The summed E-state index contributed by atoms with van der Waals surface area (Å²) in [5, 5.41) is 0. The van der Waals surface area contributed by atoms with Crippen LogP contribution < -0.4 is 0 Å². The van der Waals surface area contributed by atoms with Crippen molar-refractivity contribution in [3.8, 4) is 0 Å². The van der Waals surface area contributed by atoms with E-state index >= 15 is 0 Å². The van der Waals surface area contributed by atoms with E-state index < -0.39 is 0 Å². The van der Waals surface area contributed by atoms with Gasteiger partial charge in [0.05, 0.1) is 0 Å². The maximum Gasteiger partial charge on any atom is -0.00187 e. The van der Waals surface area contributed by atoms with Crippen LogP contribution in [0.3, 0.4) is 0 Å². The molecule has 0 aromatic heterocycles. The SMILES string of the molecule is C1CCCN2CCCCCCN3CCCCCCN(CCCCCCN(CC1)CCCCC3)CCCCC2. The molecule has 4 bridgehead atoms. The fourth-order valence-corrected chi connectivity index (χ4v) is 7.13. The lowest BCUT2D eigenvalue weighted by molar-refractivity contribution is 0.221. The summed E-state index contributed by atoms with van der Waals surface area (Å²) < 4.78 is 0. The van der Waals surface area contributed by atoms with Crippen LogP contribution in [-0.4, -0.2) is 98.1 Å². The van der Waals surface area contributed by atoms with E-state index in [1.807, 2.05) is 0 Å². The zero-order valence-electron chi connectivity index (χ0n) is 25.8. The normalized spacial score (nSPS) is 32.8. The van der Waals surface area contributed by atoms with Gasteiger partial charge < -0.3 is 19.6 Å². The van der Waals surface area contributed by atoms with Crippen LogP contribution in [-0.2, 0) is 0 Å². The van der Waals surface area contributed by atoms with E-state index in [2.05, 4.69) is 19.6 Å².